The van der Waals surface area contributed by atoms with Crippen LogP contribution in [0.2, 0.25) is 0 Å². The van der Waals surface area contributed by atoms with Crippen LogP contribution < -0.4 is 18.9 Å². The summed E-state index contributed by atoms with van der Waals surface area (Å²) < 4.78 is 48.0. The number of ether oxygens (including phenoxy) is 4. The predicted molar refractivity (Wildman–Crippen MR) is 99.9 cm³/mol. The van der Waals surface area contributed by atoms with E-state index < -0.39 is 9.84 Å². The van der Waals surface area contributed by atoms with Gasteiger partial charge in [0.1, 0.15) is 36.2 Å². The van der Waals surface area contributed by atoms with E-state index in [-0.39, 0.29) is 24.7 Å². The number of rotatable bonds is 4. The molecule has 2 aliphatic rings. The van der Waals surface area contributed by atoms with Gasteiger partial charge in [-0.05, 0) is 36.4 Å². The van der Waals surface area contributed by atoms with E-state index >= 15 is 0 Å². The Bertz CT molecular complexity index is 931. The molecule has 0 bridgehead atoms. The van der Waals surface area contributed by atoms with Gasteiger partial charge in [0.15, 0.2) is 32.8 Å². The molecule has 0 spiro atoms. The third-order valence-electron chi connectivity index (χ3n) is 4.00. The molecule has 0 saturated carbocycles. The lowest BCUT2D eigenvalue weighted by Gasteiger charge is -2.12. The Morgan fingerprint density at radius 2 is 1.07 bits per heavy atom. The lowest BCUT2D eigenvalue weighted by Crippen LogP contribution is -2.19. The van der Waals surface area contributed by atoms with Crippen LogP contribution in [0.15, 0.2) is 72.2 Å². The first-order chi connectivity index (χ1) is 13.1. The van der Waals surface area contributed by atoms with Crippen molar-refractivity contribution in [1.82, 2.24) is 0 Å². The topological polar surface area (TPSA) is 71.1 Å². The molecule has 0 unspecified atom stereocenters. The smallest absolute Gasteiger partial charge is 0.168 e. The van der Waals surface area contributed by atoms with Crippen LogP contribution in [0.4, 0.5) is 0 Å². The molecule has 0 amide bonds. The van der Waals surface area contributed by atoms with Crippen LogP contribution in [0.5, 0.6) is 23.0 Å². The molecule has 6 nitrogen and oxygen atoms in total. The highest BCUT2D eigenvalue weighted by atomic mass is 32.2. The average molecular weight is 386 g/mol. The van der Waals surface area contributed by atoms with E-state index in [1.807, 2.05) is 12.1 Å². The molecule has 0 N–H and O–H groups in total. The van der Waals surface area contributed by atoms with Gasteiger partial charge in [0.25, 0.3) is 0 Å². The van der Waals surface area contributed by atoms with Crippen molar-refractivity contribution in [2.75, 3.05) is 24.7 Å². The normalized spacial score (nSPS) is 15.9. The lowest BCUT2D eigenvalue weighted by atomic mass is 10.3. The Labute approximate surface area is 157 Å². The van der Waals surface area contributed by atoms with Crippen LogP contribution in [0, 0.1) is 0 Å². The van der Waals surface area contributed by atoms with Crippen molar-refractivity contribution in [2.24, 2.45) is 0 Å². The van der Waals surface area contributed by atoms with Gasteiger partial charge in [-0.2, -0.15) is 0 Å². The molecule has 27 heavy (non-hydrogen) atoms. The minimum atomic E-state index is -3.52. The van der Waals surface area contributed by atoms with Gasteiger partial charge in [0.05, 0.1) is 0 Å². The third-order valence-corrected chi connectivity index (χ3v) is 5.45. The van der Waals surface area contributed by atoms with Crippen LogP contribution in [0.25, 0.3) is 0 Å². The molecule has 0 aromatic heterocycles. The Morgan fingerprint density at radius 1 is 0.667 bits per heavy atom. The van der Waals surface area contributed by atoms with Crippen LogP contribution in [-0.4, -0.2) is 33.1 Å². The zero-order valence-electron chi connectivity index (χ0n) is 14.5. The molecule has 2 aliphatic heterocycles. The summed E-state index contributed by atoms with van der Waals surface area (Å²) in [7, 11) is -3.52. The second-order valence-electron chi connectivity index (χ2n) is 6.09. The summed E-state index contributed by atoms with van der Waals surface area (Å²) in [6.45, 7) is 0.505. The van der Waals surface area contributed by atoms with E-state index in [9.17, 15) is 8.42 Å². The highest BCUT2D eigenvalue weighted by Crippen LogP contribution is 2.32. The molecular weight excluding hydrogens is 368 g/mol. The second kappa shape index (κ2) is 7.36. The van der Waals surface area contributed by atoms with Crippen LogP contribution in [0.3, 0.4) is 0 Å². The van der Waals surface area contributed by atoms with E-state index in [2.05, 4.69) is 0 Å². The Kier molecular flexibility index (Phi) is 4.77. The second-order valence-corrected chi connectivity index (χ2v) is 8.16. The van der Waals surface area contributed by atoms with Crippen molar-refractivity contribution in [2.45, 2.75) is 0 Å². The monoisotopic (exact) mass is 386 g/mol. The summed E-state index contributed by atoms with van der Waals surface area (Å²) in [5.74, 6) is 2.38. The van der Waals surface area contributed by atoms with Crippen molar-refractivity contribution in [3.63, 3.8) is 0 Å². The van der Waals surface area contributed by atoms with Gasteiger partial charge < -0.3 is 18.9 Å². The fourth-order valence-electron chi connectivity index (χ4n) is 2.78. The van der Waals surface area contributed by atoms with Gasteiger partial charge in [-0.15, -0.1) is 0 Å². The maximum atomic E-state index is 12.7. The van der Waals surface area contributed by atoms with Crippen molar-refractivity contribution >= 4 is 9.84 Å². The third kappa shape index (κ3) is 4.25. The predicted octanol–water partition coefficient (Wildman–Crippen LogP) is 3.11. The first-order valence-electron chi connectivity index (χ1n) is 8.47. The number of fused-ring (bicyclic) bond motifs is 2. The van der Waals surface area contributed by atoms with Gasteiger partial charge in [0.2, 0.25) is 0 Å². The van der Waals surface area contributed by atoms with E-state index in [0.717, 1.165) is 0 Å². The molecule has 2 heterocycles. The van der Waals surface area contributed by atoms with Crippen molar-refractivity contribution in [3.05, 3.63) is 72.2 Å². The molecule has 140 valence electrons. The number of sulfone groups is 1. The fraction of sp³-hybridized carbons (Fsp3) is 0.200. The van der Waals surface area contributed by atoms with E-state index in [0.29, 0.717) is 34.5 Å². The Morgan fingerprint density at radius 3 is 1.52 bits per heavy atom. The zero-order chi connectivity index (χ0) is 18.7. The van der Waals surface area contributed by atoms with E-state index in [1.165, 1.54) is 0 Å². The highest BCUT2D eigenvalue weighted by molar-refractivity contribution is 7.91. The summed E-state index contributed by atoms with van der Waals surface area (Å²) >= 11 is 0. The average Bonchev–Trinajstić information content (AvgIpc) is 2.95. The maximum Gasteiger partial charge on any atom is 0.168 e. The first-order valence-corrected chi connectivity index (χ1v) is 10.3. The molecule has 0 atom stereocenters. The SMILES string of the molecule is O=S(=O)(CC1=CCOc2ccccc2O1)CC1=CCOc2ccccc2O1. The van der Waals surface area contributed by atoms with Gasteiger partial charge in [-0.1, -0.05) is 24.3 Å². The molecule has 4 rings (SSSR count). The van der Waals surface area contributed by atoms with Gasteiger partial charge >= 0.3 is 0 Å². The molecule has 0 aliphatic carbocycles. The molecule has 0 radical (unpaired) electrons. The maximum absolute atomic E-state index is 12.7. The molecular formula is C20H18O6S. The number of benzene rings is 2. The minimum absolute atomic E-state index is 0.242. The van der Waals surface area contributed by atoms with Gasteiger partial charge in [-0.3, -0.25) is 0 Å². The van der Waals surface area contributed by atoms with Crippen molar-refractivity contribution in [1.29, 1.82) is 0 Å². The summed E-state index contributed by atoms with van der Waals surface area (Å²) in [5, 5.41) is 0. The first kappa shape index (κ1) is 17.5. The van der Waals surface area contributed by atoms with Gasteiger partial charge in [-0.25, -0.2) is 8.42 Å². The van der Waals surface area contributed by atoms with Crippen LogP contribution >= 0.6 is 0 Å². The minimum Gasteiger partial charge on any atom is -0.485 e. The summed E-state index contributed by atoms with van der Waals surface area (Å²) in [6.07, 6.45) is 3.27. The Hall–Kier alpha value is -2.93. The quantitative estimate of drug-likeness (QED) is 0.804. The number of hydrogen-bond acceptors (Lipinski definition) is 6. The molecule has 0 fully saturated rings. The highest BCUT2D eigenvalue weighted by Gasteiger charge is 2.23. The lowest BCUT2D eigenvalue weighted by molar-refractivity contribution is 0.354. The van der Waals surface area contributed by atoms with Crippen molar-refractivity contribution in [3.8, 4) is 23.0 Å². The van der Waals surface area contributed by atoms with Crippen molar-refractivity contribution < 1.29 is 27.4 Å². The van der Waals surface area contributed by atoms with Crippen LogP contribution in [-0.2, 0) is 9.84 Å². The number of hydrogen-bond donors (Lipinski definition) is 0. The van der Waals surface area contributed by atoms with Gasteiger partial charge in [0, 0.05) is 0 Å². The summed E-state index contributed by atoms with van der Waals surface area (Å²) in [5.41, 5.74) is 0. The molecule has 7 heteroatoms. The summed E-state index contributed by atoms with van der Waals surface area (Å²) in [4.78, 5) is 0. The van der Waals surface area contributed by atoms with Crippen LogP contribution in [0.1, 0.15) is 0 Å². The Balaban J connectivity index is 1.46. The number of para-hydroxylation sites is 4. The fourth-order valence-corrected chi connectivity index (χ4v) is 4.11. The summed E-state index contributed by atoms with van der Waals surface area (Å²) in [6, 6.07) is 14.3. The molecule has 2 aromatic carbocycles. The zero-order valence-corrected chi connectivity index (χ0v) is 15.3. The standard InChI is InChI=1S/C20H18O6S/c21-27(22,13-15-9-11-23-17-5-1-3-7-19(17)25-15)14-16-10-12-24-18-6-2-4-8-20(18)26-16/h1-10H,11-14H2. The van der Waals surface area contributed by atoms with E-state index in [1.54, 1.807) is 48.6 Å². The van der Waals surface area contributed by atoms with E-state index in [4.69, 9.17) is 18.9 Å². The molecule has 0 saturated heterocycles. The molecule has 2 aromatic rings. The largest absolute Gasteiger partial charge is 0.485 e.